The van der Waals surface area contributed by atoms with Gasteiger partial charge in [-0.25, -0.2) is 13.2 Å². The average Bonchev–Trinajstić information content (AvgIpc) is 2.19. The standard InChI is InChI=1S/C9H20N2O3S/c1-4-11(5-2)9(12)10-7-8-15(13,14)6-3/h4-8H2,1-3H3,(H,10,12). The number of carbonyl (C=O) groups is 1. The van der Waals surface area contributed by atoms with Crippen molar-refractivity contribution < 1.29 is 13.2 Å². The first-order valence-corrected chi connectivity index (χ1v) is 7.02. The number of urea groups is 1. The summed E-state index contributed by atoms with van der Waals surface area (Å²) in [5.74, 6) is 0.130. The van der Waals surface area contributed by atoms with Crippen LogP contribution in [0.3, 0.4) is 0 Å². The van der Waals surface area contributed by atoms with Gasteiger partial charge in [0.1, 0.15) is 0 Å². The SMILES string of the molecule is CCN(CC)C(=O)NCCS(=O)(=O)CC. The second kappa shape index (κ2) is 6.66. The Morgan fingerprint density at radius 1 is 1.20 bits per heavy atom. The van der Waals surface area contributed by atoms with Crippen LogP contribution in [0.5, 0.6) is 0 Å². The van der Waals surface area contributed by atoms with Gasteiger partial charge in [-0.3, -0.25) is 0 Å². The molecule has 90 valence electrons. The fourth-order valence-corrected chi connectivity index (χ4v) is 1.78. The van der Waals surface area contributed by atoms with Gasteiger partial charge in [-0.2, -0.15) is 0 Å². The molecule has 0 aromatic rings. The van der Waals surface area contributed by atoms with Crippen LogP contribution in [0.2, 0.25) is 0 Å². The lowest BCUT2D eigenvalue weighted by Gasteiger charge is -2.18. The lowest BCUT2D eigenvalue weighted by molar-refractivity contribution is 0.204. The van der Waals surface area contributed by atoms with Gasteiger partial charge in [-0.1, -0.05) is 6.92 Å². The summed E-state index contributed by atoms with van der Waals surface area (Å²) in [6.45, 7) is 6.80. The molecule has 0 heterocycles. The molecule has 0 rings (SSSR count). The summed E-state index contributed by atoms with van der Waals surface area (Å²) in [5, 5.41) is 2.58. The van der Waals surface area contributed by atoms with Gasteiger partial charge >= 0.3 is 6.03 Å². The third kappa shape index (κ3) is 5.61. The summed E-state index contributed by atoms with van der Waals surface area (Å²) in [6, 6.07) is -0.202. The minimum Gasteiger partial charge on any atom is -0.337 e. The quantitative estimate of drug-likeness (QED) is 0.729. The number of rotatable bonds is 6. The van der Waals surface area contributed by atoms with Crippen LogP contribution >= 0.6 is 0 Å². The molecule has 5 nitrogen and oxygen atoms in total. The van der Waals surface area contributed by atoms with Crippen molar-refractivity contribution in [2.75, 3.05) is 31.1 Å². The van der Waals surface area contributed by atoms with E-state index in [0.29, 0.717) is 13.1 Å². The van der Waals surface area contributed by atoms with Gasteiger partial charge in [0.25, 0.3) is 0 Å². The molecule has 0 fully saturated rings. The Balaban J connectivity index is 3.92. The zero-order chi connectivity index (χ0) is 11.9. The first-order chi connectivity index (χ1) is 6.96. The Labute approximate surface area is 91.8 Å². The van der Waals surface area contributed by atoms with Crippen LogP contribution in [0.15, 0.2) is 0 Å². The number of nitrogens with zero attached hydrogens (tertiary/aromatic N) is 1. The van der Waals surface area contributed by atoms with Gasteiger partial charge in [0, 0.05) is 25.4 Å². The van der Waals surface area contributed by atoms with E-state index in [1.165, 1.54) is 0 Å². The molecule has 15 heavy (non-hydrogen) atoms. The molecule has 0 aliphatic rings. The minimum absolute atomic E-state index is 0.0104. The molecule has 0 unspecified atom stereocenters. The molecule has 0 atom stereocenters. The van der Waals surface area contributed by atoms with E-state index in [9.17, 15) is 13.2 Å². The van der Waals surface area contributed by atoms with Crippen molar-refractivity contribution in [3.8, 4) is 0 Å². The molecule has 0 saturated heterocycles. The van der Waals surface area contributed by atoms with Gasteiger partial charge in [0.15, 0.2) is 9.84 Å². The van der Waals surface area contributed by atoms with Crippen LogP contribution in [0.1, 0.15) is 20.8 Å². The van der Waals surface area contributed by atoms with Crippen molar-refractivity contribution >= 4 is 15.9 Å². The summed E-state index contributed by atoms with van der Waals surface area (Å²) < 4.78 is 22.2. The summed E-state index contributed by atoms with van der Waals surface area (Å²) in [4.78, 5) is 13.0. The predicted octanol–water partition coefficient (Wildman–Crippen LogP) is 0.472. The van der Waals surface area contributed by atoms with Crippen LogP contribution in [0.4, 0.5) is 4.79 Å². The van der Waals surface area contributed by atoms with Gasteiger partial charge in [-0.05, 0) is 13.8 Å². The van der Waals surface area contributed by atoms with E-state index in [0.717, 1.165) is 0 Å². The maximum atomic E-state index is 11.4. The fourth-order valence-electron chi connectivity index (χ4n) is 1.08. The topological polar surface area (TPSA) is 66.5 Å². The Morgan fingerprint density at radius 2 is 1.73 bits per heavy atom. The molecular formula is C9H20N2O3S. The number of sulfone groups is 1. The molecule has 0 aliphatic carbocycles. The maximum absolute atomic E-state index is 11.4. The molecule has 0 spiro atoms. The highest BCUT2D eigenvalue weighted by atomic mass is 32.2. The van der Waals surface area contributed by atoms with Crippen LogP contribution in [0, 0.1) is 0 Å². The fraction of sp³-hybridized carbons (Fsp3) is 0.889. The Morgan fingerprint density at radius 3 is 2.13 bits per heavy atom. The van der Waals surface area contributed by atoms with E-state index in [1.807, 2.05) is 13.8 Å². The highest BCUT2D eigenvalue weighted by molar-refractivity contribution is 7.91. The Bertz CT molecular complexity index is 284. The van der Waals surface area contributed by atoms with Crippen LogP contribution < -0.4 is 5.32 Å². The summed E-state index contributed by atoms with van der Waals surface area (Å²) in [5.41, 5.74) is 0. The van der Waals surface area contributed by atoms with Crippen LogP contribution in [-0.4, -0.2) is 50.5 Å². The minimum atomic E-state index is -2.99. The smallest absolute Gasteiger partial charge is 0.317 e. The second-order valence-corrected chi connectivity index (χ2v) is 5.61. The summed E-state index contributed by atoms with van der Waals surface area (Å²) in [6.07, 6.45) is 0. The predicted molar refractivity (Wildman–Crippen MR) is 60.6 cm³/mol. The van der Waals surface area contributed by atoms with E-state index in [1.54, 1.807) is 11.8 Å². The first-order valence-electron chi connectivity index (χ1n) is 5.20. The zero-order valence-electron chi connectivity index (χ0n) is 9.62. The highest BCUT2D eigenvalue weighted by Gasteiger charge is 2.11. The van der Waals surface area contributed by atoms with E-state index >= 15 is 0 Å². The van der Waals surface area contributed by atoms with E-state index < -0.39 is 9.84 Å². The van der Waals surface area contributed by atoms with Gasteiger partial charge in [0.05, 0.1) is 5.75 Å². The number of carbonyl (C=O) groups excluding carboxylic acids is 1. The molecule has 0 aromatic carbocycles. The highest BCUT2D eigenvalue weighted by Crippen LogP contribution is 1.90. The van der Waals surface area contributed by atoms with Gasteiger partial charge in [-0.15, -0.1) is 0 Å². The number of hydrogen-bond donors (Lipinski definition) is 1. The summed E-state index contributed by atoms with van der Waals surface area (Å²) >= 11 is 0. The lowest BCUT2D eigenvalue weighted by Crippen LogP contribution is -2.41. The van der Waals surface area contributed by atoms with Gasteiger partial charge < -0.3 is 10.2 Å². The van der Waals surface area contributed by atoms with Crippen molar-refractivity contribution in [1.82, 2.24) is 10.2 Å². The van der Waals surface area contributed by atoms with Gasteiger partial charge in [0.2, 0.25) is 0 Å². The molecule has 1 N–H and O–H groups in total. The largest absolute Gasteiger partial charge is 0.337 e. The molecule has 2 amide bonds. The van der Waals surface area contributed by atoms with Crippen molar-refractivity contribution in [2.24, 2.45) is 0 Å². The first kappa shape index (κ1) is 14.2. The maximum Gasteiger partial charge on any atom is 0.317 e. The van der Waals surface area contributed by atoms with Crippen molar-refractivity contribution in [3.63, 3.8) is 0 Å². The third-order valence-electron chi connectivity index (χ3n) is 2.18. The average molecular weight is 236 g/mol. The summed E-state index contributed by atoms with van der Waals surface area (Å²) in [7, 11) is -2.99. The molecule has 0 aromatic heterocycles. The third-order valence-corrected chi connectivity index (χ3v) is 3.89. The van der Waals surface area contributed by atoms with Crippen LogP contribution in [0.25, 0.3) is 0 Å². The number of amides is 2. The number of nitrogens with one attached hydrogen (secondary N) is 1. The zero-order valence-corrected chi connectivity index (χ0v) is 10.4. The monoisotopic (exact) mass is 236 g/mol. The van der Waals surface area contributed by atoms with E-state index in [-0.39, 0.29) is 24.1 Å². The molecule has 6 heteroatoms. The Hall–Kier alpha value is -0.780. The Kier molecular flexibility index (Phi) is 6.31. The molecule has 0 aliphatic heterocycles. The second-order valence-electron chi connectivity index (χ2n) is 3.14. The molecule has 0 saturated carbocycles. The van der Waals surface area contributed by atoms with Crippen molar-refractivity contribution in [2.45, 2.75) is 20.8 Å². The van der Waals surface area contributed by atoms with Crippen molar-refractivity contribution in [3.05, 3.63) is 0 Å². The normalized spacial score (nSPS) is 11.1. The number of hydrogen-bond acceptors (Lipinski definition) is 3. The molecule has 0 radical (unpaired) electrons. The van der Waals surface area contributed by atoms with Crippen LogP contribution in [-0.2, 0) is 9.84 Å². The molecule has 0 bridgehead atoms. The lowest BCUT2D eigenvalue weighted by atomic mass is 10.5. The van der Waals surface area contributed by atoms with E-state index in [4.69, 9.17) is 0 Å². The molecular weight excluding hydrogens is 216 g/mol. The van der Waals surface area contributed by atoms with E-state index in [2.05, 4.69) is 5.32 Å². The van der Waals surface area contributed by atoms with Crippen molar-refractivity contribution in [1.29, 1.82) is 0 Å².